The first-order valence-corrected chi connectivity index (χ1v) is 11.0. The van der Waals surface area contributed by atoms with Gasteiger partial charge in [-0.05, 0) is 0 Å². The fourth-order valence-corrected chi connectivity index (χ4v) is 2.71. The van der Waals surface area contributed by atoms with E-state index in [2.05, 4.69) is 6.92 Å². The Bertz CT molecular complexity index is 320. The van der Waals surface area contributed by atoms with Crippen molar-refractivity contribution in [1.82, 2.24) is 0 Å². The van der Waals surface area contributed by atoms with E-state index in [0.717, 1.165) is 0 Å². The van der Waals surface area contributed by atoms with Gasteiger partial charge in [0.2, 0.25) is 0 Å². The molecule has 0 heterocycles. The standard InChI is InChI=1S/C12H25.C2H4O5S.Na/c1-3-5-7-9-11-12-10-8-6-4-2;3-2(4)1-8(5,6)7;/h1,3-12H2,2H3;1H2,(H,3,4)(H,5,6,7);. The maximum atomic E-state index is 9.62. The van der Waals surface area contributed by atoms with Crippen LogP contribution in [0, 0.1) is 0 Å². The van der Waals surface area contributed by atoms with Crippen molar-refractivity contribution in [3.8, 4) is 0 Å². The zero-order valence-electron chi connectivity index (χ0n) is 13.5. The minimum Gasteiger partial charge on any atom is -0.480 e. The summed E-state index contributed by atoms with van der Waals surface area (Å²) in [5.41, 5.74) is 0. The van der Waals surface area contributed by atoms with Crippen molar-refractivity contribution < 1.29 is 22.9 Å². The van der Waals surface area contributed by atoms with Crippen LogP contribution < -0.4 is 0 Å². The minimum atomic E-state index is -4.32. The summed E-state index contributed by atoms with van der Waals surface area (Å²) in [6.45, 7) is 2.29. The van der Waals surface area contributed by atoms with Gasteiger partial charge in [0.25, 0.3) is 10.1 Å². The Balaban J connectivity index is 0. The van der Waals surface area contributed by atoms with Crippen LogP contribution in [0.3, 0.4) is 0 Å². The Morgan fingerprint density at radius 2 is 1.29 bits per heavy atom. The van der Waals surface area contributed by atoms with Gasteiger partial charge in [0.1, 0.15) is 0 Å². The first-order chi connectivity index (χ1) is 9.83. The molecular formula is C14H29NaO5S. The van der Waals surface area contributed by atoms with Crippen molar-refractivity contribution in [3.05, 3.63) is 0 Å². The molecule has 5 nitrogen and oxygen atoms in total. The van der Waals surface area contributed by atoms with Gasteiger partial charge < -0.3 is 5.11 Å². The molecule has 0 atom stereocenters. The van der Waals surface area contributed by atoms with Crippen LogP contribution >= 0.6 is 0 Å². The van der Waals surface area contributed by atoms with E-state index in [0.29, 0.717) is 0 Å². The molecule has 0 saturated heterocycles. The summed E-state index contributed by atoms with van der Waals surface area (Å²) in [5.74, 6) is -2.79. The minimum absolute atomic E-state index is 1.23. The van der Waals surface area contributed by atoms with Crippen LogP contribution in [0.5, 0.6) is 0 Å². The fraction of sp³-hybridized carbons (Fsp3) is 0.929. The van der Waals surface area contributed by atoms with Gasteiger partial charge in [0, 0.05) is 0 Å². The Kier molecular flexibility index (Phi) is 18.9. The summed E-state index contributed by atoms with van der Waals surface area (Å²) >= 11 is 1.41. The molecule has 0 fully saturated rings. The van der Waals surface area contributed by atoms with Crippen molar-refractivity contribution >= 4 is 44.0 Å². The maximum absolute atomic E-state index is 9.62. The third-order valence-electron chi connectivity index (χ3n) is 3.01. The largest absolute Gasteiger partial charge is 0.480 e. The second-order valence-corrected chi connectivity index (χ2v) is 7.75. The van der Waals surface area contributed by atoms with Gasteiger partial charge in [-0.15, -0.1) is 0 Å². The Morgan fingerprint density at radius 1 is 0.905 bits per heavy atom. The topological polar surface area (TPSA) is 91.7 Å². The van der Waals surface area contributed by atoms with Gasteiger partial charge in [0.15, 0.2) is 5.75 Å². The Morgan fingerprint density at radius 3 is 1.52 bits per heavy atom. The molecule has 0 aliphatic carbocycles. The number of carboxylic acid groups (broad SMARTS) is 1. The van der Waals surface area contributed by atoms with Gasteiger partial charge in [-0.3, -0.25) is 9.35 Å². The second-order valence-electron chi connectivity index (χ2n) is 5.30. The molecule has 0 aliphatic rings. The molecule has 0 aromatic rings. The molecule has 0 aromatic carbocycles. The van der Waals surface area contributed by atoms with E-state index in [9.17, 15) is 13.2 Å². The predicted octanol–water partition coefficient (Wildman–Crippen LogP) is 3.45. The summed E-state index contributed by atoms with van der Waals surface area (Å²) in [5, 5.41) is 7.71. The van der Waals surface area contributed by atoms with Gasteiger partial charge >= 0.3 is 109 Å². The molecule has 122 valence electrons. The van der Waals surface area contributed by atoms with E-state index >= 15 is 0 Å². The van der Waals surface area contributed by atoms with Crippen molar-refractivity contribution in [2.24, 2.45) is 0 Å². The van der Waals surface area contributed by atoms with E-state index in [4.69, 9.17) is 9.66 Å². The molecule has 2 N–H and O–H groups in total. The molecule has 0 radical (unpaired) electrons. The summed E-state index contributed by atoms with van der Waals surface area (Å²) < 4.78 is 28.5. The maximum Gasteiger partial charge on any atom is 0.321 e. The van der Waals surface area contributed by atoms with Gasteiger partial charge in [0.05, 0.1) is 0 Å². The number of carboxylic acids is 1. The summed E-state index contributed by atoms with van der Waals surface area (Å²) in [4.78, 5) is 9.48. The zero-order valence-corrected chi connectivity index (χ0v) is 16.3. The molecule has 0 unspecified atom stereocenters. The van der Waals surface area contributed by atoms with Crippen LogP contribution in [0.25, 0.3) is 0 Å². The van der Waals surface area contributed by atoms with E-state index in [1.165, 1.54) is 95.8 Å². The van der Waals surface area contributed by atoms with Gasteiger partial charge in [-0.2, -0.15) is 8.42 Å². The summed E-state index contributed by atoms with van der Waals surface area (Å²) in [6.07, 6.45) is 14.7. The molecule has 0 aliphatic heterocycles. The van der Waals surface area contributed by atoms with Crippen molar-refractivity contribution in [1.29, 1.82) is 0 Å². The smallest absolute Gasteiger partial charge is 0.321 e. The average molecular weight is 332 g/mol. The van der Waals surface area contributed by atoms with Crippen LogP contribution in [-0.4, -0.2) is 57.7 Å². The summed E-state index contributed by atoms with van der Waals surface area (Å²) in [6, 6.07) is 0. The molecule has 0 bridgehead atoms. The van der Waals surface area contributed by atoms with Crippen molar-refractivity contribution in [3.63, 3.8) is 0 Å². The normalized spacial score (nSPS) is 10.9. The third-order valence-corrected chi connectivity index (χ3v) is 4.33. The number of aliphatic carboxylic acids is 1. The second kappa shape index (κ2) is 16.7. The number of carbonyl (C=O) groups is 1. The van der Waals surface area contributed by atoms with Crippen molar-refractivity contribution in [2.75, 3.05) is 5.75 Å². The van der Waals surface area contributed by atoms with Crippen LogP contribution in [-0.2, 0) is 14.9 Å². The van der Waals surface area contributed by atoms with E-state index in [-0.39, 0.29) is 0 Å². The van der Waals surface area contributed by atoms with Gasteiger partial charge in [-0.1, -0.05) is 0 Å². The van der Waals surface area contributed by atoms with E-state index in [1.807, 2.05) is 0 Å². The van der Waals surface area contributed by atoms with Crippen LogP contribution in [0.15, 0.2) is 0 Å². The summed E-state index contributed by atoms with van der Waals surface area (Å²) in [7, 11) is -4.32. The molecule has 0 saturated carbocycles. The molecule has 0 rings (SSSR count). The van der Waals surface area contributed by atoms with Crippen LogP contribution in [0.1, 0.15) is 71.1 Å². The first kappa shape index (κ1) is 23.6. The number of hydrogen-bond donors (Lipinski definition) is 2. The fourth-order valence-electron chi connectivity index (χ4n) is 1.89. The molecule has 7 heteroatoms. The molecule has 21 heavy (non-hydrogen) atoms. The van der Waals surface area contributed by atoms with Crippen LogP contribution in [0.4, 0.5) is 0 Å². The Labute approximate surface area is 147 Å². The third kappa shape index (κ3) is 29.1. The Hall–Kier alpha value is 0.380. The quantitative estimate of drug-likeness (QED) is 0.324. The number of hydrogen-bond acceptors (Lipinski definition) is 3. The SMILES string of the molecule is CCCCCCCCCCC[CH2][Na].O=C(O)CS(=O)(=O)O. The zero-order chi connectivity index (χ0) is 16.6. The predicted molar refractivity (Wildman–Crippen MR) is 86.5 cm³/mol. The number of unbranched alkanes of at least 4 members (excludes halogenated alkanes) is 9. The average Bonchev–Trinajstić information content (AvgIpc) is 2.35. The molecule has 0 amide bonds. The van der Waals surface area contributed by atoms with Gasteiger partial charge in [-0.25, -0.2) is 0 Å². The molecule has 0 spiro atoms. The van der Waals surface area contributed by atoms with Crippen LogP contribution in [0.2, 0.25) is 3.67 Å². The van der Waals surface area contributed by atoms with Crippen molar-refractivity contribution in [2.45, 2.75) is 74.8 Å². The number of rotatable bonds is 12. The van der Waals surface area contributed by atoms with E-state index < -0.39 is 21.8 Å². The molecule has 0 aromatic heterocycles. The van der Waals surface area contributed by atoms with E-state index in [1.54, 1.807) is 0 Å². The monoisotopic (exact) mass is 332 g/mol. The first-order valence-electron chi connectivity index (χ1n) is 8.00. The molecular weight excluding hydrogens is 303 g/mol.